The molecule has 4 rings (SSSR count). The molecule has 2 atom stereocenters. The van der Waals surface area contributed by atoms with Crippen molar-refractivity contribution < 1.29 is 18.0 Å². The van der Waals surface area contributed by atoms with E-state index in [9.17, 15) is 18.0 Å². The number of fused-ring (bicyclic) bond motifs is 1. The molecule has 1 aliphatic heterocycles. The summed E-state index contributed by atoms with van der Waals surface area (Å²) in [6.45, 7) is 3.74. The summed E-state index contributed by atoms with van der Waals surface area (Å²) in [5.41, 5.74) is 3.04. The molecule has 0 aliphatic carbocycles. The first-order valence-corrected chi connectivity index (χ1v) is 10.1. The fourth-order valence-electron chi connectivity index (χ4n) is 3.62. The van der Waals surface area contributed by atoms with E-state index in [2.05, 4.69) is 15.7 Å². The number of carbonyl (C=O) groups is 1. The highest BCUT2D eigenvalue weighted by Gasteiger charge is 2.47. The van der Waals surface area contributed by atoms with Crippen LogP contribution in [0.15, 0.2) is 48.7 Å². The summed E-state index contributed by atoms with van der Waals surface area (Å²) < 4.78 is 42.3. The van der Waals surface area contributed by atoms with Crippen LogP contribution in [-0.4, -0.2) is 21.9 Å². The minimum Gasteiger partial charge on any atom is -0.363 e. The van der Waals surface area contributed by atoms with Gasteiger partial charge in [-0.25, -0.2) is 4.68 Å². The summed E-state index contributed by atoms with van der Waals surface area (Å²) in [7, 11) is 0. The number of nitrogens with one attached hydrogen (secondary N) is 2. The molecule has 0 unspecified atom stereocenters. The number of carbonyl (C=O) groups excluding carboxylic acids is 1. The van der Waals surface area contributed by atoms with E-state index in [-0.39, 0.29) is 17.8 Å². The molecule has 0 radical (unpaired) electrons. The number of halogens is 4. The molecular formula is C22H20ClF3N4O. The van der Waals surface area contributed by atoms with Gasteiger partial charge in [-0.05, 0) is 37.1 Å². The number of rotatable bonds is 3. The molecule has 0 bridgehead atoms. The lowest BCUT2D eigenvalue weighted by molar-refractivity contribution is -0.173. The van der Waals surface area contributed by atoms with Gasteiger partial charge in [-0.1, -0.05) is 47.5 Å². The second-order valence-corrected chi connectivity index (χ2v) is 8.08. The Bertz CT molecular complexity index is 1120. The van der Waals surface area contributed by atoms with Crippen molar-refractivity contribution in [2.24, 2.45) is 0 Å². The Kier molecular flexibility index (Phi) is 5.43. The van der Waals surface area contributed by atoms with Gasteiger partial charge in [0.1, 0.15) is 11.4 Å². The molecule has 1 aliphatic rings. The standard InChI is InChI=1S/C22H20ClF3N4O/c1-12-3-6-14(7-4-12)18-10-19(22(24,25)26)30-20(29-18)16(11-27-30)21(31)28-15-8-5-13(2)17(23)9-15/h3-9,11,18-19,29H,10H2,1-2H3,(H,28,31)/t18-,19+/m0/s1. The van der Waals surface area contributed by atoms with E-state index in [1.54, 1.807) is 30.3 Å². The van der Waals surface area contributed by atoms with Crippen molar-refractivity contribution >= 4 is 29.0 Å². The van der Waals surface area contributed by atoms with Gasteiger partial charge in [-0.15, -0.1) is 0 Å². The van der Waals surface area contributed by atoms with Crippen LogP contribution in [0.4, 0.5) is 24.7 Å². The van der Waals surface area contributed by atoms with E-state index in [0.29, 0.717) is 16.3 Å². The molecular weight excluding hydrogens is 429 g/mol. The second kappa shape index (κ2) is 7.92. The normalized spacial score (nSPS) is 18.3. The first-order chi connectivity index (χ1) is 14.6. The van der Waals surface area contributed by atoms with Crippen molar-refractivity contribution in [1.29, 1.82) is 0 Å². The van der Waals surface area contributed by atoms with Gasteiger partial charge in [0.15, 0.2) is 6.04 Å². The van der Waals surface area contributed by atoms with Gasteiger partial charge in [-0.3, -0.25) is 4.79 Å². The molecule has 9 heteroatoms. The van der Waals surface area contributed by atoms with Crippen LogP contribution < -0.4 is 10.6 Å². The number of aromatic nitrogens is 2. The maximum atomic E-state index is 13.8. The second-order valence-electron chi connectivity index (χ2n) is 7.67. The van der Waals surface area contributed by atoms with Gasteiger partial charge < -0.3 is 10.6 Å². The van der Waals surface area contributed by atoms with Gasteiger partial charge in [0.2, 0.25) is 0 Å². The largest absolute Gasteiger partial charge is 0.410 e. The van der Waals surface area contributed by atoms with Crippen molar-refractivity contribution in [3.05, 3.63) is 75.9 Å². The zero-order chi connectivity index (χ0) is 22.3. The monoisotopic (exact) mass is 448 g/mol. The first kappa shape index (κ1) is 21.2. The van der Waals surface area contributed by atoms with E-state index in [1.165, 1.54) is 0 Å². The summed E-state index contributed by atoms with van der Waals surface area (Å²) in [5.74, 6) is -0.533. The molecule has 0 saturated carbocycles. The lowest BCUT2D eigenvalue weighted by atomic mass is 9.96. The fourth-order valence-corrected chi connectivity index (χ4v) is 3.80. The van der Waals surface area contributed by atoms with Crippen LogP contribution in [0.1, 0.15) is 45.6 Å². The number of amides is 1. The van der Waals surface area contributed by atoms with Crippen molar-refractivity contribution in [3.8, 4) is 0 Å². The van der Waals surface area contributed by atoms with Crippen molar-refractivity contribution in [2.45, 2.75) is 38.5 Å². The number of alkyl halides is 3. The van der Waals surface area contributed by atoms with Gasteiger partial charge >= 0.3 is 6.18 Å². The van der Waals surface area contributed by atoms with Gasteiger partial charge in [0.25, 0.3) is 5.91 Å². The Balaban J connectivity index is 1.68. The average Bonchev–Trinajstić information content (AvgIpc) is 3.14. The molecule has 1 amide bonds. The van der Waals surface area contributed by atoms with E-state index in [0.717, 1.165) is 22.0 Å². The Morgan fingerprint density at radius 1 is 1.19 bits per heavy atom. The lowest BCUT2D eigenvalue weighted by Crippen LogP contribution is -2.36. The third-order valence-corrected chi connectivity index (χ3v) is 5.80. The Morgan fingerprint density at radius 2 is 1.90 bits per heavy atom. The smallest absolute Gasteiger partial charge is 0.363 e. The van der Waals surface area contributed by atoms with Crippen molar-refractivity contribution in [3.63, 3.8) is 0 Å². The lowest BCUT2D eigenvalue weighted by Gasteiger charge is -2.34. The number of hydrogen-bond acceptors (Lipinski definition) is 3. The topological polar surface area (TPSA) is 59.0 Å². The minimum atomic E-state index is -4.51. The summed E-state index contributed by atoms with van der Waals surface area (Å²) in [6.07, 6.45) is -3.58. The van der Waals surface area contributed by atoms with E-state index in [4.69, 9.17) is 11.6 Å². The fraction of sp³-hybridized carbons (Fsp3) is 0.273. The van der Waals surface area contributed by atoms with Crippen LogP contribution in [0.3, 0.4) is 0 Å². The van der Waals surface area contributed by atoms with Crippen LogP contribution in [0.25, 0.3) is 0 Å². The van der Waals surface area contributed by atoms with Crippen LogP contribution in [0.2, 0.25) is 5.02 Å². The Morgan fingerprint density at radius 3 is 2.55 bits per heavy atom. The van der Waals surface area contributed by atoms with E-state index >= 15 is 0 Å². The predicted molar refractivity (Wildman–Crippen MR) is 114 cm³/mol. The third kappa shape index (κ3) is 4.25. The van der Waals surface area contributed by atoms with E-state index in [1.807, 2.05) is 26.0 Å². The van der Waals surface area contributed by atoms with E-state index < -0.39 is 24.2 Å². The number of aryl methyl sites for hydroxylation is 2. The molecule has 2 aromatic carbocycles. The van der Waals surface area contributed by atoms with Gasteiger partial charge in [0.05, 0.1) is 12.2 Å². The molecule has 5 nitrogen and oxygen atoms in total. The first-order valence-electron chi connectivity index (χ1n) is 9.68. The minimum absolute atomic E-state index is 0.0303. The summed E-state index contributed by atoms with van der Waals surface area (Å²) in [5, 5.41) is 10.1. The average molecular weight is 449 g/mol. The zero-order valence-electron chi connectivity index (χ0n) is 16.8. The van der Waals surface area contributed by atoms with Crippen LogP contribution in [-0.2, 0) is 0 Å². The molecule has 2 N–H and O–H groups in total. The number of nitrogens with zero attached hydrogens (tertiary/aromatic N) is 2. The van der Waals surface area contributed by atoms with Crippen LogP contribution >= 0.6 is 11.6 Å². The summed E-state index contributed by atoms with van der Waals surface area (Å²) >= 11 is 6.10. The van der Waals surface area contributed by atoms with Crippen molar-refractivity contribution in [2.75, 3.05) is 10.6 Å². The number of hydrogen-bond donors (Lipinski definition) is 2. The third-order valence-electron chi connectivity index (χ3n) is 5.39. The van der Waals surface area contributed by atoms with Crippen molar-refractivity contribution in [1.82, 2.24) is 9.78 Å². The molecule has 1 aromatic heterocycles. The van der Waals surface area contributed by atoms with Crippen LogP contribution in [0.5, 0.6) is 0 Å². The highest BCUT2D eigenvalue weighted by atomic mass is 35.5. The van der Waals surface area contributed by atoms with Gasteiger partial charge in [-0.2, -0.15) is 18.3 Å². The quantitative estimate of drug-likeness (QED) is 0.511. The molecule has 162 valence electrons. The SMILES string of the molecule is Cc1ccc([C@@H]2C[C@H](C(F)(F)F)n3ncc(C(=O)Nc4ccc(C)c(Cl)c4)c3N2)cc1. The highest BCUT2D eigenvalue weighted by molar-refractivity contribution is 6.31. The highest BCUT2D eigenvalue weighted by Crippen LogP contribution is 2.44. The molecule has 31 heavy (non-hydrogen) atoms. The zero-order valence-corrected chi connectivity index (χ0v) is 17.6. The maximum Gasteiger partial charge on any atom is 0.410 e. The molecule has 0 spiro atoms. The van der Waals surface area contributed by atoms with Crippen LogP contribution in [0, 0.1) is 13.8 Å². The molecule has 0 saturated heterocycles. The summed E-state index contributed by atoms with van der Waals surface area (Å²) in [4.78, 5) is 12.9. The van der Waals surface area contributed by atoms with Gasteiger partial charge in [0, 0.05) is 17.1 Å². The molecule has 3 aromatic rings. The Hall–Kier alpha value is -3.00. The maximum absolute atomic E-state index is 13.8. The summed E-state index contributed by atoms with van der Waals surface area (Å²) in [6, 6.07) is 9.84. The number of anilines is 2. The molecule has 0 fully saturated rings. The predicted octanol–water partition coefficient (Wildman–Crippen LogP) is 6.07. The molecule has 2 heterocycles. The Labute approximate surface area is 182 Å². The number of benzene rings is 2.